The molecule has 25 heavy (non-hydrogen) atoms. The normalized spacial score (nSPS) is 16.9. The number of aromatic nitrogens is 2. The van der Waals surface area contributed by atoms with Crippen LogP contribution in [0.3, 0.4) is 0 Å². The standard InChI is InChI=1S/C18H24N4O3/c1-24-10-9-21-13-15(12-19-21)20-18(23)22-8-4-7-17(22)14-5-3-6-16(11-14)25-2/h3,5-6,11-13,17H,4,7-10H2,1-2H3,(H,20,23)/t17-/m0/s1. The lowest BCUT2D eigenvalue weighted by Crippen LogP contribution is -2.34. The zero-order chi connectivity index (χ0) is 17.6. The first-order chi connectivity index (χ1) is 12.2. The van der Waals surface area contributed by atoms with E-state index in [0.717, 1.165) is 30.7 Å². The number of urea groups is 1. The van der Waals surface area contributed by atoms with Crippen molar-refractivity contribution >= 4 is 11.7 Å². The summed E-state index contributed by atoms with van der Waals surface area (Å²) in [6, 6.07) is 7.88. The molecule has 1 fully saturated rings. The fourth-order valence-electron chi connectivity index (χ4n) is 3.14. The van der Waals surface area contributed by atoms with Crippen LogP contribution in [-0.2, 0) is 11.3 Å². The van der Waals surface area contributed by atoms with Crippen molar-refractivity contribution in [1.29, 1.82) is 0 Å². The number of carbonyl (C=O) groups is 1. The number of hydrogen-bond donors (Lipinski definition) is 1. The zero-order valence-corrected chi connectivity index (χ0v) is 14.6. The average molecular weight is 344 g/mol. The lowest BCUT2D eigenvalue weighted by atomic mass is 10.0. The lowest BCUT2D eigenvalue weighted by molar-refractivity contribution is 0.183. The predicted molar refractivity (Wildman–Crippen MR) is 94.8 cm³/mol. The van der Waals surface area contributed by atoms with E-state index in [4.69, 9.17) is 9.47 Å². The van der Waals surface area contributed by atoms with E-state index in [1.807, 2.05) is 35.4 Å². The molecular formula is C18H24N4O3. The molecule has 1 aromatic carbocycles. The third kappa shape index (κ3) is 4.11. The molecule has 134 valence electrons. The summed E-state index contributed by atoms with van der Waals surface area (Å²) in [6.07, 6.45) is 5.41. The molecule has 0 unspecified atom stereocenters. The zero-order valence-electron chi connectivity index (χ0n) is 14.6. The van der Waals surface area contributed by atoms with Crippen molar-refractivity contribution in [3.05, 3.63) is 42.2 Å². The van der Waals surface area contributed by atoms with Crippen LogP contribution >= 0.6 is 0 Å². The molecule has 0 spiro atoms. The van der Waals surface area contributed by atoms with Gasteiger partial charge in [-0.05, 0) is 30.5 Å². The molecule has 1 N–H and O–H groups in total. The van der Waals surface area contributed by atoms with Crippen molar-refractivity contribution < 1.29 is 14.3 Å². The molecule has 1 aromatic heterocycles. The maximum atomic E-state index is 12.7. The number of anilines is 1. The summed E-state index contributed by atoms with van der Waals surface area (Å²) in [4.78, 5) is 14.6. The first kappa shape index (κ1) is 17.3. The number of ether oxygens (including phenoxy) is 2. The van der Waals surface area contributed by atoms with Crippen LogP contribution in [0.15, 0.2) is 36.7 Å². The van der Waals surface area contributed by atoms with Crippen LogP contribution in [0.4, 0.5) is 10.5 Å². The Hall–Kier alpha value is -2.54. The highest BCUT2D eigenvalue weighted by atomic mass is 16.5. The Bertz CT molecular complexity index is 716. The molecule has 1 aliphatic heterocycles. The molecular weight excluding hydrogens is 320 g/mol. The van der Waals surface area contributed by atoms with Gasteiger partial charge in [0.05, 0.1) is 38.2 Å². The molecule has 0 saturated carbocycles. The Balaban J connectivity index is 1.67. The summed E-state index contributed by atoms with van der Waals surface area (Å²) >= 11 is 0. The van der Waals surface area contributed by atoms with Gasteiger partial charge >= 0.3 is 6.03 Å². The van der Waals surface area contributed by atoms with Crippen molar-refractivity contribution in [3.63, 3.8) is 0 Å². The van der Waals surface area contributed by atoms with Gasteiger partial charge in [-0.25, -0.2) is 4.79 Å². The third-order valence-corrected chi connectivity index (χ3v) is 4.40. The van der Waals surface area contributed by atoms with E-state index in [2.05, 4.69) is 10.4 Å². The van der Waals surface area contributed by atoms with E-state index >= 15 is 0 Å². The smallest absolute Gasteiger partial charge is 0.322 e. The molecule has 0 aliphatic carbocycles. The highest BCUT2D eigenvalue weighted by molar-refractivity contribution is 5.89. The van der Waals surface area contributed by atoms with E-state index in [0.29, 0.717) is 18.8 Å². The van der Waals surface area contributed by atoms with Crippen LogP contribution in [0, 0.1) is 0 Å². The van der Waals surface area contributed by atoms with E-state index in [1.165, 1.54) is 0 Å². The maximum Gasteiger partial charge on any atom is 0.322 e. The number of methoxy groups -OCH3 is 2. The molecule has 0 bridgehead atoms. The van der Waals surface area contributed by atoms with Gasteiger partial charge in [-0.1, -0.05) is 12.1 Å². The summed E-state index contributed by atoms with van der Waals surface area (Å²) in [5.74, 6) is 0.809. The van der Waals surface area contributed by atoms with Crippen molar-refractivity contribution in [2.24, 2.45) is 0 Å². The van der Waals surface area contributed by atoms with Crippen molar-refractivity contribution in [2.45, 2.75) is 25.4 Å². The van der Waals surface area contributed by atoms with Crippen LogP contribution in [0.2, 0.25) is 0 Å². The minimum Gasteiger partial charge on any atom is -0.497 e. The Labute approximate surface area is 147 Å². The summed E-state index contributed by atoms with van der Waals surface area (Å²) in [6.45, 7) is 1.98. The lowest BCUT2D eigenvalue weighted by Gasteiger charge is -2.25. The van der Waals surface area contributed by atoms with Gasteiger partial charge in [0.2, 0.25) is 0 Å². The van der Waals surface area contributed by atoms with Gasteiger partial charge < -0.3 is 19.7 Å². The van der Waals surface area contributed by atoms with Crippen LogP contribution in [0.25, 0.3) is 0 Å². The number of carbonyl (C=O) groups excluding carboxylic acids is 1. The van der Waals surface area contributed by atoms with Gasteiger partial charge in [0.1, 0.15) is 5.75 Å². The SMILES string of the molecule is COCCn1cc(NC(=O)N2CCC[C@H]2c2cccc(OC)c2)cn1. The summed E-state index contributed by atoms with van der Waals surface area (Å²) < 4.78 is 12.1. The number of nitrogens with zero attached hydrogens (tertiary/aromatic N) is 3. The van der Waals surface area contributed by atoms with Crippen molar-refractivity contribution in [1.82, 2.24) is 14.7 Å². The van der Waals surface area contributed by atoms with Gasteiger partial charge in [-0.3, -0.25) is 4.68 Å². The molecule has 7 heteroatoms. The Morgan fingerprint density at radius 3 is 3.08 bits per heavy atom. The quantitative estimate of drug-likeness (QED) is 0.875. The minimum atomic E-state index is -0.100. The van der Waals surface area contributed by atoms with E-state index in [9.17, 15) is 4.79 Å². The Kier molecular flexibility index (Phi) is 5.55. The van der Waals surface area contributed by atoms with Gasteiger partial charge in [-0.15, -0.1) is 0 Å². The fraction of sp³-hybridized carbons (Fsp3) is 0.444. The number of amides is 2. The van der Waals surface area contributed by atoms with Crippen molar-refractivity contribution in [3.8, 4) is 5.75 Å². The molecule has 1 atom stereocenters. The third-order valence-electron chi connectivity index (χ3n) is 4.40. The molecule has 0 radical (unpaired) electrons. The van der Waals surface area contributed by atoms with E-state index < -0.39 is 0 Å². The topological polar surface area (TPSA) is 68.6 Å². The molecule has 3 rings (SSSR count). The summed E-state index contributed by atoms with van der Waals surface area (Å²) in [5.41, 5.74) is 1.79. The molecule has 2 amide bonds. The fourth-order valence-corrected chi connectivity index (χ4v) is 3.14. The van der Waals surface area contributed by atoms with Gasteiger partial charge in [0.15, 0.2) is 0 Å². The number of rotatable bonds is 6. The average Bonchev–Trinajstić information content (AvgIpc) is 3.29. The molecule has 2 aromatic rings. The highest BCUT2D eigenvalue weighted by Gasteiger charge is 2.30. The number of benzene rings is 1. The molecule has 7 nitrogen and oxygen atoms in total. The first-order valence-corrected chi connectivity index (χ1v) is 8.44. The summed E-state index contributed by atoms with van der Waals surface area (Å²) in [5, 5.41) is 7.16. The van der Waals surface area contributed by atoms with Crippen LogP contribution in [-0.4, -0.2) is 48.1 Å². The predicted octanol–water partition coefficient (Wildman–Crippen LogP) is 2.91. The molecule has 1 aliphatic rings. The van der Waals surface area contributed by atoms with E-state index in [1.54, 1.807) is 25.1 Å². The van der Waals surface area contributed by atoms with Crippen LogP contribution in [0.5, 0.6) is 5.75 Å². The minimum absolute atomic E-state index is 0.0682. The number of hydrogen-bond acceptors (Lipinski definition) is 4. The maximum absolute atomic E-state index is 12.7. The van der Waals surface area contributed by atoms with Gasteiger partial charge in [0.25, 0.3) is 0 Å². The second-order valence-corrected chi connectivity index (χ2v) is 6.04. The highest BCUT2D eigenvalue weighted by Crippen LogP contribution is 2.33. The Morgan fingerprint density at radius 2 is 2.28 bits per heavy atom. The number of likely N-dealkylation sites (tertiary alicyclic amines) is 1. The van der Waals surface area contributed by atoms with Crippen LogP contribution < -0.4 is 10.1 Å². The molecule has 1 saturated heterocycles. The van der Waals surface area contributed by atoms with E-state index in [-0.39, 0.29) is 12.1 Å². The number of nitrogens with one attached hydrogen (secondary N) is 1. The Morgan fingerprint density at radius 1 is 1.40 bits per heavy atom. The second kappa shape index (κ2) is 8.02. The monoisotopic (exact) mass is 344 g/mol. The van der Waals surface area contributed by atoms with Gasteiger partial charge in [-0.2, -0.15) is 5.10 Å². The molecule has 2 heterocycles. The van der Waals surface area contributed by atoms with Crippen LogP contribution in [0.1, 0.15) is 24.4 Å². The largest absolute Gasteiger partial charge is 0.497 e. The van der Waals surface area contributed by atoms with Crippen molar-refractivity contribution in [2.75, 3.05) is 32.7 Å². The van der Waals surface area contributed by atoms with Gasteiger partial charge in [0, 0.05) is 19.9 Å². The summed E-state index contributed by atoms with van der Waals surface area (Å²) in [7, 11) is 3.30. The second-order valence-electron chi connectivity index (χ2n) is 6.04. The first-order valence-electron chi connectivity index (χ1n) is 8.44.